The lowest BCUT2D eigenvalue weighted by molar-refractivity contribution is -0.154. The van der Waals surface area contributed by atoms with E-state index >= 15 is 0 Å². The Morgan fingerprint density at radius 3 is 1.79 bits per heavy atom. The number of aliphatic hydroxyl groups is 1. The van der Waals surface area contributed by atoms with Gasteiger partial charge in [-0.25, -0.2) is 4.79 Å². The van der Waals surface area contributed by atoms with Gasteiger partial charge in [0.2, 0.25) is 0 Å². The van der Waals surface area contributed by atoms with Gasteiger partial charge in [0.05, 0.1) is 7.11 Å². The standard InChI is InChI=1S/C5H10O2.C4H8O3/c1-3-4-5(6)7-2;1-4(2,7)3(5)6/h3-4H2,1-2H3;7H,1-2H3,(H,5,6). The average molecular weight is 206 g/mol. The number of carboxylic acids is 1. The van der Waals surface area contributed by atoms with Crippen molar-refractivity contribution in [2.75, 3.05) is 7.11 Å². The Bertz CT molecular complexity index is 180. The molecule has 0 amide bonds. The Morgan fingerprint density at radius 2 is 1.71 bits per heavy atom. The first-order valence-corrected chi connectivity index (χ1v) is 4.28. The second-order valence-corrected chi connectivity index (χ2v) is 3.19. The Labute approximate surface area is 83.7 Å². The smallest absolute Gasteiger partial charge is 0.335 e. The predicted molar refractivity (Wildman–Crippen MR) is 50.9 cm³/mol. The minimum Gasteiger partial charge on any atom is -0.479 e. The summed E-state index contributed by atoms with van der Waals surface area (Å²) in [5.74, 6) is -1.32. The number of carbonyl (C=O) groups is 2. The van der Waals surface area contributed by atoms with E-state index in [0.29, 0.717) is 6.42 Å². The zero-order valence-corrected chi connectivity index (χ0v) is 9.03. The van der Waals surface area contributed by atoms with Gasteiger partial charge in [-0.3, -0.25) is 4.79 Å². The van der Waals surface area contributed by atoms with Crippen LogP contribution in [0.5, 0.6) is 0 Å². The third-order valence-corrected chi connectivity index (χ3v) is 1.21. The largest absolute Gasteiger partial charge is 0.479 e. The van der Waals surface area contributed by atoms with Crippen LogP contribution in [0.1, 0.15) is 33.6 Å². The van der Waals surface area contributed by atoms with Gasteiger partial charge in [-0.15, -0.1) is 0 Å². The summed E-state index contributed by atoms with van der Waals surface area (Å²) in [5, 5.41) is 16.5. The Hall–Kier alpha value is -1.10. The van der Waals surface area contributed by atoms with Crippen LogP contribution < -0.4 is 0 Å². The van der Waals surface area contributed by atoms with Crippen molar-refractivity contribution in [2.45, 2.75) is 39.2 Å². The fourth-order valence-corrected chi connectivity index (χ4v) is 0.306. The van der Waals surface area contributed by atoms with E-state index in [1.807, 2.05) is 6.92 Å². The number of esters is 1. The topological polar surface area (TPSA) is 83.8 Å². The molecule has 84 valence electrons. The molecule has 0 spiro atoms. The number of carbonyl (C=O) groups excluding carboxylic acids is 1. The van der Waals surface area contributed by atoms with Crippen LogP contribution in [0, 0.1) is 0 Å². The molecular weight excluding hydrogens is 188 g/mol. The van der Waals surface area contributed by atoms with Gasteiger partial charge in [-0.2, -0.15) is 0 Å². The zero-order valence-electron chi connectivity index (χ0n) is 9.03. The molecule has 0 fully saturated rings. The highest BCUT2D eigenvalue weighted by Crippen LogP contribution is 1.97. The summed E-state index contributed by atoms with van der Waals surface area (Å²) in [7, 11) is 1.40. The van der Waals surface area contributed by atoms with E-state index in [-0.39, 0.29) is 5.97 Å². The van der Waals surface area contributed by atoms with Crippen LogP contribution in [0.3, 0.4) is 0 Å². The molecule has 0 aromatic heterocycles. The van der Waals surface area contributed by atoms with Gasteiger partial charge >= 0.3 is 11.9 Å². The van der Waals surface area contributed by atoms with Crippen molar-refractivity contribution >= 4 is 11.9 Å². The predicted octanol–water partition coefficient (Wildman–Crippen LogP) is 0.801. The van der Waals surface area contributed by atoms with Gasteiger partial charge in [0.25, 0.3) is 0 Å². The molecule has 5 heteroatoms. The molecule has 0 unspecified atom stereocenters. The number of methoxy groups -OCH3 is 1. The number of hydrogen-bond donors (Lipinski definition) is 2. The van der Waals surface area contributed by atoms with Crippen molar-refractivity contribution < 1.29 is 24.5 Å². The maximum Gasteiger partial charge on any atom is 0.335 e. The van der Waals surface area contributed by atoms with Crippen LogP contribution in [0.2, 0.25) is 0 Å². The van der Waals surface area contributed by atoms with Crippen LogP contribution in [-0.4, -0.2) is 34.9 Å². The SMILES string of the molecule is CC(C)(O)C(=O)O.CCCC(=O)OC. The second kappa shape index (κ2) is 7.32. The Kier molecular flexibility index (Phi) is 8.04. The number of aliphatic carboxylic acids is 1. The van der Waals surface area contributed by atoms with Crippen molar-refractivity contribution in [3.05, 3.63) is 0 Å². The van der Waals surface area contributed by atoms with E-state index in [4.69, 9.17) is 10.2 Å². The van der Waals surface area contributed by atoms with E-state index in [2.05, 4.69) is 4.74 Å². The highest BCUT2D eigenvalue weighted by Gasteiger charge is 2.21. The quantitative estimate of drug-likeness (QED) is 0.667. The lowest BCUT2D eigenvalue weighted by Gasteiger charge is -2.07. The van der Waals surface area contributed by atoms with E-state index < -0.39 is 11.6 Å². The zero-order chi connectivity index (χ0) is 11.8. The lowest BCUT2D eigenvalue weighted by atomic mass is 10.1. The van der Waals surface area contributed by atoms with Gasteiger partial charge in [-0.1, -0.05) is 6.92 Å². The van der Waals surface area contributed by atoms with Crippen LogP contribution in [0.25, 0.3) is 0 Å². The van der Waals surface area contributed by atoms with Gasteiger partial charge in [0, 0.05) is 6.42 Å². The molecule has 0 aliphatic heterocycles. The third kappa shape index (κ3) is 10.9. The lowest BCUT2D eigenvalue weighted by Crippen LogP contribution is -2.30. The average Bonchev–Trinajstić information content (AvgIpc) is 2.04. The number of rotatable bonds is 3. The number of hydrogen-bond acceptors (Lipinski definition) is 4. The molecule has 0 heterocycles. The van der Waals surface area contributed by atoms with E-state index in [0.717, 1.165) is 6.42 Å². The minimum atomic E-state index is -1.58. The molecule has 0 aliphatic rings. The number of carboxylic acid groups (broad SMARTS) is 1. The molecule has 0 aromatic carbocycles. The molecular formula is C9H18O5. The summed E-state index contributed by atoms with van der Waals surface area (Å²) in [6.45, 7) is 4.38. The summed E-state index contributed by atoms with van der Waals surface area (Å²) in [5.41, 5.74) is -1.58. The normalized spacial score (nSPS) is 9.79. The number of ether oxygens (including phenoxy) is 1. The van der Waals surface area contributed by atoms with E-state index in [1.54, 1.807) is 0 Å². The maximum absolute atomic E-state index is 10.2. The molecule has 0 bridgehead atoms. The molecule has 0 aromatic rings. The first-order valence-electron chi connectivity index (χ1n) is 4.28. The first kappa shape index (κ1) is 15.4. The van der Waals surface area contributed by atoms with Crippen LogP contribution >= 0.6 is 0 Å². The van der Waals surface area contributed by atoms with E-state index in [9.17, 15) is 9.59 Å². The minimum absolute atomic E-state index is 0.123. The van der Waals surface area contributed by atoms with Gasteiger partial charge < -0.3 is 14.9 Å². The second-order valence-electron chi connectivity index (χ2n) is 3.19. The molecule has 0 radical (unpaired) electrons. The molecule has 2 N–H and O–H groups in total. The fourth-order valence-electron chi connectivity index (χ4n) is 0.306. The van der Waals surface area contributed by atoms with Crippen molar-refractivity contribution in [3.63, 3.8) is 0 Å². The van der Waals surface area contributed by atoms with Gasteiger partial charge in [-0.05, 0) is 20.3 Å². The van der Waals surface area contributed by atoms with Crippen LogP contribution in [0.15, 0.2) is 0 Å². The molecule has 14 heavy (non-hydrogen) atoms. The molecule has 0 saturated carbocycles. The maximum atomic E-state index is 10.2. The summed E-state index contributed by atoms with van der Waals surface area (Å²) in [6, 6.07) is 0. The van der Waals surface area contributed by atoms with E-state index in [1.165, 1.54) is 21.0 Å². The van der Waals surface area contributed by atoms with Crippen molar-refractivity contribution in [2.24, 2.45) is 0 Å². The first-order chi connectivity index (χ1) is 6.25. The van der Waals surface area contributed by atoms with Gasteiger partial charge in [0.1, 0.15) is 0 Å². The van der Waals surface area contributed by atoms with Crippen LogP contribution in [0.4, 0.5) is 0 Å². The van der Waals surface area contributed by atoms with Crippen molar-refractivity contribution in [1.29, 1.82) is 0 Å². The Morgan fingerprint density at radius 1 is 1.36 bits per heavy atom. The molecule has 0 aliphatic carbocycles. The van der Waals surface area contributed by atoms with Crippen molar-refractivity contribution in [1.82, 2.24) is 0 Å². The summed E-state index contributed by atoms with van der Waals surface area (Å²) in [4.78, 5) is 20.0. The molecule has 0 rings (SSSR count). The third-order valence-electron chi connectivity index (χ3n) is 1.21. The van der Waals surface area contributed by atoms with Gasteiger partial charge in [0.15, 0.2) is 5.60 Å². The highest BCUT2D eigenvalue weighted by molar-refractivity contribution is 5.75. The fraction of sp³-hybridized carbons (Fsp3) is 0.778. The van der Waals surface area contributed by atoms with Crippen LogP contribution in [-0.2, 0) is 14.3 Å². The summed E-state index contributed by atoms with van der Waals surface area (Å²) >= 11 is 0. The summed E-state index contributed by atoms with van der Waals surface area (Å²) in [6.07, 6.45) is 1.41. The van der Waals surface area contributed by atoms with Crippen molar-refractivity contribution in [3.8, 4) is 0 Å². The highest BCUT2D eigenvalue weighted by atomic mass is 16.5. The monoisotopic (exact) mass is 206 g/mol. The molecule has 5 nitrogen and oxygen atoms in total. The summed E-state index contributed by atoms with van der Waals surface area (Å²) < 4.78 is 4.35. The molecule has 0 atom stereocenters. The molecule has 0 saturated heterocycles. The Balaban J connectivity index is 0.